The molecule has 0 spiro atoms. The number of amides is 2. The van der Waals surface area contributed by atoms with Crippen molar-refractivity contribution in [2.45, 2.75) is 32.4 Å². The highest BCUT2D eigenvalue weighted by atomic mass is 16.2. The van der Waals surface area contributed by atoms with Gasteiger partial charge >= 0.3 is 6.03 Å². The summed E-state index contributed by atoms with van der Waals surface area (Å²) >= 11 is 0. The average molecular weight is 185 g/mol. The minimum Gasteiger partial charge on any atom is -0.336 e. The second-order valence-electron chi connectivity index (χ2n) is 4.02. The van der Waals surface area contributed by atoms with E-state index in [0.717, 1.165) is 19.5 Å². The van der Waals surface area contributed by atoms with Gasteiger partial charge in [0.2, 0.25) is 0 Å². The summed E-state index contributed by atoms with van der Waals surface area (Å²) in [5.74, 6) is 0. The lowest BCUT2D eigenvalue weighted by molar-refractivity contribution is 0.234. The van der Waals surface area contributed by atoms with Crippen molar-refractivity contribution in [3.05, 3.63) is 0 Å². The Morgan fingerprint density at radius 1 is 1.54 bits per heavy atom. The maximum atomic E-state index is 11.3. The number of nitrogens with zero attached hydrogens (tertiary/aromatic N) is 1. The molecule has 0 radical (unpaired) electrons. The number of carbonyl (C=O) groups excluding carboxylic acids is 1. The molecule has 1 aliphatic heterocycles. The SMILES string of the molecule is CC(C)NC(=O)N[C@@H]1CCN(C)C1. The molecule has 76 valence electrons. The molecule has 0 unspecified atom stereocenters. The van der Waals surface area contributed by atoms with Crippen molar-refractivity contribution in [3.8, 4) is 0 Å². The Hall–Kier alpha value is -0.770. The van der Waals surface area contributed by atoms with Crippen LogP contribution >= 0.6 is 0 Å². The van der Waals surface area contributed by atoms with Crippen LogP contribution in [0.1, 0.15) is 20.3 Å². The number of likely N-dealkylation sites (N-methyl/N-ethyl adjacent to an activating group) is 1. The van der Waals surface area contributed by atoms with Crippen LogP contribution in [-0.4, -0.2) is 43.2 Å². The summed E-state index contributed by atoms with van der Waals surface area (Å²) in [6.45, 7) is 5.96. The van der Waals surface area contributed by atoms with Gasteiger partial charge in [-0.15, -0.1) is 0 Å². The maximum absolute atomic E-state index is 11.3. The lowest BCUT2D eigenvalue weighted by atomic mass is 10.3. The van der Waals surface area contributed by atoms with Gasteiger partial charge in [-0.25, -0.2) is 4.79 Å². The molecule has 4 nitrogen and oxygen atoms in total. The third-order valence-corrected chi connectivity index (χ3v) is 2.15. The fourth-order valence-electron chi connectivity index (χ4n) is 1.54. The number of nitrogens with one attached hydrogen (secondary N) is 2. The quantitative estimate of drug-likeness (QED) is 0.654. The van der Waals surface area contributed by atoms with Gasteiger partial charge in [0.25, 0.3) is 0 Å². The van der Waals surface area contributed by atoms with Crippen LogP contribution in [0.2, 0.25) is 0 Å². The van der Waals surface area contributed by atoms with E-state index in [1.54, 1.807) is 0 Å². The molecule has 1 heterocycles. The molecule has 0 aromatic rings. The molecule has 1 rings (SSSR count). The predicted molar refractivity (Wildman–Crippen MR) is 52.7 cm³/mol. The molecule has 2 amide bonds. The Kier molecular flexibility index (Phi) is 3.54. The van der Waals surface area contributed by atoms with Crippen LogP contribution in [0.25, 0.3) is 0 Å². The minimum atomic E-state index is -0.0460. The first-order chi connectivity index (χ1) is 6.08. The third-order valence-electron chi connectivity index (χ3n) is 2.15. The first kappa shape index (κ1) is 10.3. The van der Waals surface area contributed by atoms with Crippen LogP contribution in [0.4, 0.5) is 4.79 Å². The monoisotopic (exact) mass is 185 g/mol. The molecule has 1 atom stereocenters. The fourth-order valence-corrected chi connectivity index (χ4v) is 1.54. The van der Waals surface area contributed by atoms with Crippen molar-refractivity contribution < 1.29 is 4.79 Å². The molecule has 0 saturated carbocycles. The number of urea groups is 1. The van der Waals surface area contributed by atoms with Crippen LogP contribution in [0.15, 0.2) is 0 Å². The van der Waals surface area contributed by atoms with E-state index in [0.29, 0.717) is 6.04 Å². The predicted octanol–water partition coefficient (Wildman–Crippen LogP) is 0.398. The van der Waals surface area contributed by atoms with Gasteiger partial charge < -0.3 is 15.5 Å². The molecule has 4 heteroatoms. The van der Waals surface area contributed by atoms with Crippen molar-refractivity contribution in [1.82, 2.24) is 15.5 Å². The van der Waals surface area contributed by atoms with Gasteiger partial charge in [-0.2, -0.15) is 0 Å². The Balaban J connectivity index is 2.21. The largest absolute Gasteiger partial charge is 0.336 e. The van der Waals surface area contributed by atoms with E-state index in [9.17, 15) is 4.79 Å². The molecular formula is C9H19N3O. The highest BCUT2D eigenvalue weighted by Gasteiger charge is 2.20. The van der Waals surface area contributed by atoms with E-state index >= 15 is 0 Å². The number of likely N-dealkylation sites (tertiary alicyclic amines) is 1. The smallest absolute Gasteiger partial charge is 0.315 e. The third kappa shape index (κ3) is 3.63. The van der Waals surface area contributed by atoms with Gasteiger partial charge in [0.1, 0.15) is 0 Å². The number of carbonyl (C=O) groups is 1. The summed E-state index contributed by atoms with van der Waals surface area (Å²) in [6.07, 6.45) is 1.06. The maximum Gasteiger partial charge on any atom is 0.315 e. The fraction of sp³-hybridized carbons (Fsp3) is 0.889. The molecule has 0 aliphatic carbocycles. The molecule has 2 N–H and O–H groups in total. The molecular weight excluding hydrogens is 166 g/mol. The van der Waals surface area contributed by atoms with E-state index in [2.05, 4.69) is 22.6 Å². The standard InChI is InChI=1S/C9H19N3O/c1-7(2)10-9(13)11-8-4-5-12(3)6-8/h7-8H,4-6H2,1-3H3,(H2,10,11,13)/t8-/m1/s1. The first-order valence-corrected chi connectivity index (χ1v) is 4.83. The summed E-state index contributed by atoms with van der Waals surface area (Å²) in [5.41, 5.74) is 0. The van der Waals surface area contributed by atoms with Gasteiger partial charge in [0.05, 0.1) is 0 Å². The van der Waals surface area contributed by atoms with Crippen LogP contribution in [-0.2, 0) is 0 Å². The van der Waals surface area contributed by atoms with Gasteiger partial charge in [-0.05, 0) is 33.9 Å². The molecule has 13 heavy (non-hydrogen) atoms. The highest BCUT2D eigenvalue weighted by Crippen LogP contribution is 2.05. The lowest BCUT2D eigenvalue weighted by Crippen LogP contribution is -2.45. The molecule has 1 aliphatic rings. The zero-order valence-electron chi connectivity index (χ0n) is 8.63. The van der Waals surface area contributed by atoms with Crippen molar-refractivity contribution in [2.24, 2.45) is 0 Å². The lowest BCUT2D eigenvalue weighted by Gasteiger charge is -2.15. The molecule has 0 bridgehead atoms. The molecule has 0 aromatic heterocycles. The van der Waals surface area contributed by atoms with Crippen molar-refractivity contribution in [2.75, 3.05) is 20.1 Å². The van der Waals surface area contributed by atoms with Crippen LogP contribution in [0.5, 0.6) is 0 Å². The topological polar surface area (TPSA) is 44.4 Å². The highest BCUT2D eigenvalue weighted by molar-refractivity contribution is 5.74. The van der Waals surface area contributed by atoms with Crippen molar-refractivity contribution in [1.29, 1.82) is 0 Å². The zero-order chi connectivity index (χ0) is 9.84. The molecule has 0 aromatic carbocycles. The van der Waals surface area contributed by atoms with E-state index < -0.39 is 0 Å². The Bertz CT molecular complexity index is 182. The van der Waals surface area contributed by atoms with E-state index in [1.807, 2.05) is 13.8 Å². The van der Waals surface area contributed by atoms with Gasteiger partial charge in [-0.3, -0.25) is 0 Å². The summed E-state index contributed by atoms with van der Waals surface area (Å²) in [7, 11) is 2.07. The van der Waals surface area contributed by atoms with Gasteiger partial charge in [0.15, 0.2) is 0 Å². The van der Waals surface area contributed by atoms with E-state index in [1.165, 1.54) is 0 Å². The van der Waals surface area contributed by atoms with Crippen LogP contribution in [0, 0.1) is 0 Å². The summed E-state index contributed by atoms with van der Waals surface area (Å²) < 4.78 is 0. The Morgan fingerprint density at radius 2 is 2.23 bits per heavy atom. The second kappa shape index (κ2) is 4.46. The van der Waals surface area contributed by atoms with Gasteiger partial charge in [0, 0.05) is 18.6 Å². The van der Waals surface area contributed by atoms with Gasteiger partial charge in [-0.1, -0.05) is 0 Å². The minimum absolute atomic E-state index is 0.0460. The molecule has 1 saturated heterocycles. The average Bonchev–Trinajstić information content (AvgIpc) is 2.33. The summed E-state index contributed by atoms with van der Waals surface area (Å²) in [5, 5.41) is 5.76. The summed E-state index contributed by atoms with van der Waals surface area (Å²) in [6, 6.07) is 0.484. The van der Waals surface area contributed by atoms with Crippen molar-refractivity contribution >= 4 is 6.03 Å². The number of rotatable bonds is 2. The van der Waals surface area contributed by atoms with E-state index in [-0.39, 0.29) is 12.1 Å². The van der Waals surface area contributed by atoms with Crippen LogP contribution < -0.4 is 10.6 Å². The summed E-state index contributed by atoms with van der Waals surface area (Å²) in [4.78, 5) is 13.5. The number of hydrogen-bond donors (Lipinski definition) is 2. The normalized spacial score (nSPS) is 23.5. The van der Waals surface area contributed by atoms with Crippen LogP contribution in [0.3, 0.4) is 0 Å². The second-order valence-corrected chi connectivity index (χ2v) is 4.02. The Morgan fingerprint density at radius 3 is 2.69 bits per heavy atom. The van der Waals surface area contributed by atoms with Crippen molar-refractivity contribution in [3.63, 3.8) is 0 Å². The number of hydrogen-bond acceptors (Lipinski definition) is 2. The molecule has 1 fully saturated rings. The Labute approximate surface area is 79.7 Å². The zero-order valence-corrected chi connectivity index (χ0v) is 8.63. The van der Waals surface area contributed by atoms with E-state index in [4.69, 9.17) is 0 Å². The first-order valence-electron chi connectivity index (χ1n) is 4.83.